The summed E-state index contributed by atoms with van der Waals surface area (Å²) in [6, 6.07) is 15.9. The molecule has 0 radical (unpaired) electrons. The largest absolute Gasteiger partial charge is 0.348 e. The molecule has 7 heteroatoms. The molecule has 0 spiro atoms. The fourth-order valence-electron chi connectivity index (χ4n) is 3.62. The normalized spacial score (nSPS) is 14.5. The minimum Gasteiger partial charge on any atom is -0.348 e. The molecule has 1 saturated carbocycles. The van der Waals surface area contributed by atoms with Crippen molar-refractivity contribution < 1.29 is 4.79 Å². The van der Waals surface area contributed by atoms with Crippen LogP contribution in [-0.2, 0) is 11.3 Å². The van der Waals surface area contributed by atoms with E-state index < -0.39 is 0 Å². The Morgan fingerprint density at radius 1 is 1.20 bits per heavy atom. The van der Waals surface area contributed by atoms with Gasteiger partial charge in [0.2, 0.25) is 5.91 Å². The van der Waals surface area contributed by atoms with Crippen molar-refractivity contribution in [3.8, 4) is 11.4 Å². The number of hydrogen-bond acceptors (Lipinski definition) is 4. The number of nitrogens with zero attached hydrogens (tertiary/aromatic N) is 3. The van der Waals surface area contributed by atoms with Crippen molar-refractivity contribution in [3.63, 3.8) is 0 Å². The molecule has 1 fully saturated rings. The van der Waals surface area contributed by atoms with Gasteiger partial charge in [-0.15, -0.1) is 10.2 Å². The standard InChI is InChI=1S/C23H25ClN4OS/c1-3-28-22(19-7-5-4-6-15(19)2)26-27-23(28)30-14-20(29)25-21(16-8-9-16)17-10-12-18(24)13-11-17/h4-7,10-13,16,21H,3,8-9,14H2,1-2H3,(H,25,29). The van der Waals surface area contributed by atoms with Gasteiger partial charge in [0.25, 0.3) is 0 Å². The summed E-state index contributed by atoms with van der Waals surface area (Å²) >= 11 is 7.44. The van der Waals surface area contributed by atoms with Crippen LogP contribution in [0.25, 0.3) is 11.4 Å². The summed E-state index contributed by atoms with van der Waals surface area (Å²) in [6.07, 6.45) is 2.29. The van der Waals surface area contributed by atoms with E-state index >= 15 is 0 Å². The van der Waals surface area contributed by atoms with E-state index in [1.807, 2.05) is 36.4 Å². The Morgan fingerprint density at radius 3 is 2.60 bits per heavy atom. The zero-order chi connectivity index (χ0) is 21.1. The maximum absolute atomic E-state index is 12.7. The zero-order valence-electron chi connectivity index (χ0n) is 17.1. The summed E-state index contributed by atoms with van der Waals surface area (Å²) in [5.41, 5.74) is 3.34. The van der Waals surface area contributed by atoms with E-state index in [1.54, 1.807) is 0 Å². The van der Waals surface area contributed by atoms with E-state index in [9.17, 15) is 4.79 Å². The van der Waals surface area contributed by atoms with Gasteiger partial charge in [-0.05, 0) is 55.9 Å². The lowest BCUT2D eigenvalue weighted by Gasteiger charge is -2.19. The number of nitrogens with one attached hydrogen (secondary N) is 1. The molecule has 1 amide bonds. The first-order valence-electron chi connectivity index (χ1n) is 10.2. The quantitative estimate of drug-likeness (QED) is 0.483. The molecular weight excluding hydrogens is 416 g/mol. The van der Waals surface area contributed by atoms with Crippen molar-refractivity contribution >= 4 is 29.3 Å². The Kier molecular flexibility index (Phi) is 6.44. The van der Waals surface area contributed by atoms with E-state index in [2.05, 4.69) is 46.1 Å². The highest BCUT2D eigenvalue weighted by molar-refractivity contribution is 7.99. The number of aromatic nitrogens is 3. The SMILES string of the molecule is CCn1c(SCC(=O)NC(c2ccc(Cl)cc2)C2CC2)nnc1-c1ccccc1C. The van der Waals surface area contributed by atoms with Crippen molar-refractivity contribution in [2.75, 3.05) is 5.75 Å². The van der Waals surface area contributed by atoms with Crippen LogP contribution in [0.4, 0.5) is 0 Å². The summed E-state index contributed by atoms with van der Waals surface area (Å²) < 4.78 is 2.07. The first-order valence-corrected chi connectivity index (χ1v) is 11.6. The number of benzene rings is 2. The smallest absolute Gasteiger partial charge is 0.230 e. The molecule has 0 bridgehead atoms. The summed E-state index contributed by atoms with van der Waals surface area (Å²) in [5.74, 6) is 1.67. The average molecular weight is 441 g/mol. The van der Waals surface area contributed by atoms with Crippen molar-refractivity contribution in [1.82, 2.24) is 20.1 Å². The first-order chi connectivity index (χ1) is 14.6. The van der Waals surface area contributed by atoms with Gasteiger partial charge in [-0.25, -0.2) is 0 Å². The molecular formula is C23H25ClN4OS. The van der Waals surface area contributed by atoms with Crippen molar-refractivity contribution in [2.24, 2.45) is 5.92 Å². The molecule has 3 aromatic rings. The highest BCUT2D eigenvalue weighted by Gasteiger charge is 2.33. The van der Waals surface area contributed by atoms with Crippen molar-refractivity contribution in [3.05, 3.63) is 64.7 Å². The van der Waals surface area contributed by atoms with Gasteiger partial charge < -0.3 is 9.88 Å². The minimum absolute atomic E-state index is 0.00921. The van der Waals surface area contributed by atoms with E-state index in [-0.39, 0.29) is 11.9 Å². The molecule has 1 unspecified atom stereocenters. The molecule has 156 valence electrons. The molecule has 5 nitrogen and oxygen atoms in total. The van der Waals surface area contributed by atoms with Gasteiger partial charge in [-0.2, -0.15) is 0 Å². The van der Waals surface area contributed by atoms with E-state index in [0.29, 0.717) is 16.7 Å². The van der Waals surface area contributed by atoms with Crippen LogP contribution >= 0.6 is 23.4 Å². The maximum atomic E-state index is 12.7. The summed E-state index contributed by atoms with van der Waals surface area (Å²) in [5, 5.41) is 13.4. The molecule has 1 N–H and O–H groups in total. The zero-order valence-corrected chi connectivity index (χ0v) is 18.7. The second-order valence-corrected chi connectivity index (χ2v) is 8.97. The van der Waals surface area contributed by atoms with Crippen LogP contribution < -0.4 is 5.32 Å². The molecule has 30 heavy (non-hydrogen) atoms. The number of rotatable bonds is 8. The molecule has 1 atom stereocenters. The van der Waals surface area contributed by atoms with Crippen LogP contribution in [-0.4, -0.2) is 26.4 Å². The Labute approximate surface area is 186 Å². The number of carbonyl (C=O) groups excluding carboxylic acids is 1. The molecule has 1 aromatic heterocycles. The highest BCUT2D eigenvalue weighted by Crippen LogP contribution is 2.41. The molecule has 1 heterocycles. The lowest BCUT2D eigenvalue weighted by Crippen LogP contribution is -2.31. The minimum atomic E-state index is 0.00921. The number of hydrogen-bond donors (Lipinski definition) is 1. The third kappa shape index (κ3) is 4.71. The third-order valence-electron chi connectivity index (χ3n) is 5.39. The maximum Gasteiger partial charge on any atom is 0.230 e. The number of aryl methyl sites for hydroxylation is 1. The van der Waals surface area contributed by atoms with Crippen molar-refractivity contribution in [2.45, 2.75) is 44.4 Å². The van der Waals surface area contributed by atoms with Gasteiger partial charge in [-0.1, -0.05) is 59.8 Å². The Bertz CT molecular complexity index is 1030. The Balaban J connectivity index is 1.43. The van der Waals surface area contributed by atoms with E-state index in [0.717, 1.165) is 47.1 Å². The number of halogens is 1. The summed E-state index contributed by atoms with van der Waals surface area (Å²) in [6.45, 7) is 4.88. The monoisotopic (exact) mass is 440 g/mol. The van der Waals surface area contributed by atoms with Gasteiger partial charge in [0.05, 0.1) is 11.8 Å². The molecule has 0 aliphatic heterocycles. The number of amides is 1. The molecule has 2 aromatic carbocycles. The summed E-state index contributed by atoms with van der Waals surface area (Å²) in [4.78, 5) is 12.7. The Hall–Kier alpha value is -2.31. The fourth-order valence-corrected chi connectivity index (χ4v) is 4.56. The summed E-state index contributed by atoms with van der Waals surface area (Å²) in [7, 11) is 0. The topological polar surface area (TPSA) is 59.8 Å². The van der Waals surface area contributed by atoms with Gasteiger partial charge in [0, 0.05) is 17.1 Å². The van der Waals surface area contributed by atoms with Crippen LogP contribution in [0, 0.1) is 12.8 Å². The van der Waals surface area contributed by atoms with Gasteiger partial charge >= 0.3 is 0 Å². The van der Waals surface area contributed by atoms with Gasteiger partial charge in [0.1, 0.15) is 0 Å². The van der Waals surface area contributed by atoms with Gasteiger partial charge in [0.15, 0.2) is 11.0 Å². The fraction of sp³-hybridized carbons (Fsp3) is 0.348. The van der Waals surface area contributed by atoms with Crippen LogP contribution in [0.5, 0.6) is 0 Å². The predicted molar refractivity (Wildman–Crippen MR) is 122 cm³/mol. The molecule has 1 aliphatic rings. The number of carbonyl (C=O) groups is 1. The van der Waals surface area contributed by atoms with Crippen LogP contribution in [0.15, 0.2) is 53.7 Å². The van der Waals surface area contributed by atoms with Crippen LogP contribution in [0.3, 0.4) is 0 Å². The van der Waals surface area contributed by atoms with Gasteiger partial charge in [-0.3, -0.25) is 4.79 Å². The second kappa shape index (κ2) is 9.23. The molecule has 1 aliphatic carbocycles. The second-order valence-electron chi connectivity index (χ2n) is 7.59. The van der Waals surface area contributed by atoms with Crippen LogP contribution in [0.2, 0.25) is 5.02 Å². The molecule has 0 saturated heterocycles. The first kappa shape index (κ1) is 20.9. The van der Waals surface area contributed by atoms with E-state index in [4.69, 9.17) is 11.6 Å². The lowest BCUT2D eigenvalue weighted by atomic mass is 10.0. The van der Waals surface area contributed by atoms with Crippen LogP contribution in [0.1, 0.15) is 36.9 Å². The predicted octanol–water partition coefficient (Wildman–Crippen LogP) is 5.29. The van der Waals surface area contributed by atoms with Crippen molar-refractivity contribution in [1.29, 1.82) is 0 Å². The molecule has 4 rings (SSSR count). The highest BCUT2D eigenvalue weighted by atomic mass is 35.5. The van der Waals surface area contributed by atoms with E-state index in [1.165, 1.54) is 11.8 Å². The number of thioether (sulfide) groups is 1. The average Bonchev–Trinajstić information content (AvgIpc) is 3.51. The Morgan fingerprint density at radius 2 is 1.93 bits per heavy atom. The lowest BCUT2D eigenvalue weighted by molar-refractivity contribution is -0.119. The third-order valence-corrected chi connectivity index (χ3v) is 6.61.